The molecule has 0 aliphatic carbocycles. The lowest BCUT2D eigenvalue weighted by molar-refractivity contribution is -0.148. The summed E-state index contributed by atoms with van der Waals surface area (Å²) in [5.41, 5.74) is 0.134. The van der Waals surface area contributed by atoms with Crippen LogP contribution in [0.25, 0.3) is 0 Å². The quantitative estimate of drug-likeness (QED) is 0.211. The smallest absolute Gasteiger partial charge is 0.319 e. The van der Waals surface area contributed by atoms with Crippen LogP contribution in [-0.4, -0.2) is 28.8 Å². The van der Waals surface area contributed by atoms with Crippen LogP contribution < -0.4 is 9.47 Å². The standard InChI is InChI=1S/C32H38O6/c1-31(2,29(35)37-26-12-6-4-7-13-26)22-20-28(34)25-18-16-24(17-19-25)11-10-21-32(3,23-33)30(36)38-27-14-8-5-9-15-27/h4-9,12-19,28,33-34H,10-11,20-23H2,1-3H3. The summed E-state index contributed by atoms with van der Waals surface area (Å²) in [5, 5.41) is 20.6. The van der Waals surface area contributed by atoms with E-state index >= 15 is 0 Å². The van der Waals surface area contributed by atoms with Gasteiger partial charge in [0.15, 0.2) is 0 Å². The summed E-state index contributed by atoms with van der Waals surface area (Å²) < 4.78 is 10.9. The predicted octanol–water partition coefficient (Wildman–Crippen LogP) is 6.06. The molecular formula is C32H38O6. The molecule has 2 unspecified atom stereocenters. The number of carbonyl (C=O) groups excluding carboxylic acids is 2. The van der Waals surface area contributed by atoms with Crippen molar-refractivity contribution in [3.8, 4) is 11.5 Å². The van der Waals surface area contributed by atoms with Crippen molar-refractivity contribution in [1.29, 1.82) is 0 Å². The molecule has 2 atom stereocenters. The van der Waals surface area contributed by atoms with E-state index in [1.54, 1.807) is 43.3 Å². The Morgan fingerprint density at radius 2 is 1.29 bits per heavy atom. The molecular weight excluding hydrogens is 480 g/mol. The van der Waals surface area contributed by atoms with E-state index in [2.05, 4.69) is 0 Å². The number of rotatable bonds is 13. The summed E-state index contributed by atoms with van der Waals surface area (Å²) in [6.07, 6.45) is 2.10. The Labute approximate surface area is 225 Å². The van der Waals surface area contributed by atoms with Crippen LogP contribution in [-0.2, 0) is 16.0 Å². The van der Waals surface area contributed by atoms with E-state index in [0.717, 1.165) is 17.5 Å². The van der Waals surface area contributed by atoms with Crippen molar-refractivity contribution in [3.05, 3.63) is 96.1 Å². The van der Waals surface area contributed by atoms with Crippen molar-refractivity contribution in [1.82, 2.24) is 0 Å². The topological polar surface area (TPSA) is 93.1 Å². The molecule has 3 rings (SSSR count). The zero-order chi connectivity index (χ0) is 27.6. The summed E-state index contributed by atoms with van der Waals surface area (Å²) in [6, 6.07) is 25.5. The molecule has 0 aliphatic heterocycles. The molecule has 0 saturated heterocycles. The van der Waals surface area contributed by atoms with Crippen molar-refractivity contribution in [2.75, 3.05) is 6.61 Å². The summed E-state index contributed by atoms with van der Waals surface area (Å²) in [7, 11) is 0. The molecule has 0 bridgehead atoms. The van der Waals surface area contributed by atoms with Gasteiger partial charge in [0, 0.05) is 0 Å². The van der Waals surface area contributed by atoms with Gasteiger partial charge in [0.25, 0.3) is 0 Å². The molecule has 3 aromatic rings. The monoisotopic (exact) mass is 518 g/mol. The molecule has 0 saturated carbocycles. The molecule has 38 heavy (non-hydrogen) atoms. The van der Waals surface area contributed by atoms with Crippen molar-refractivity contribution < 1.29 is 29.3 Å². The van der Waals surface area contributed by atoms with Crippen LogP contribution >= 0.6 is 0 Å². The van der Waals surface area contributed by atoms with Crippen LogP contribution in [0.5, 0.6) is 11.5 Å². The van der Waals surface area contributed by atoms with Gasteiger partial charge in [0.2, 0.25) is 0 Å². The van der Waals surface area contributed by atoms with Crippen LogP contribution in [0.4, 0.5) is 0 Å². The zero-order valence-corrected chi connectivity index (χ0v) is 22.4. The van der Waals surface area contributed by atoms with E-state index in [1.807, 2.05) is 62.4 Å². The molecule has 0 aromatic heterocycles. The van der Waals surface area contributed by atoms with Gasteiger partial charge in [-0.2, -0.15) is 0 Å². The van der Waals surface area contributed by atoms with Gasteiger partial charge in [-0.3, -0.25) is 9.59 Å². The fourth-order valence-corrected chi connectivity index (χ4v) is 4.05. The Bertz CT molecular complexity index is 1160. The largest absolute Gasteiger partial charge is 0.426 e. The zero-order valence-electron chi connectivity index (χ0n) is 22.4. The molecule has 0 aliphatic rings. The molecule has 0 radical (unpaired) electrons. The highest BCUT2D eigenvalue weighted by atomic mass is 16.5. The van der Waals surface area contributed by atoms with E-state index in [9.17, 15) is 19.8 Å². The maximum Gasteiger partial charge on any atom is 0.319 e. The fourth-order valence-electron chi connectivity index (χ4n) is 4.05. The predicted molar refractivity (Wildman–Crippen MR) is 147 cm³/mol. The Morgan fingerprint density at radius 1 is 0.763 bits per heavy atom. The van der Waals surface area contributed by atoms with Gasteiger partial charge in [-0.15, -0.1) is 0 Å². The first-order chi connectivity index (χ1) is 18.1. The van der Waals surface area contributed by atoms with Gasteiger partial charge in [0.1, 0.15) is 11.5 Å². The summed E-state index contributed by atoms with van der Waals surface area (Å²) >= 11 is 0. The van der Waals surface area contributed by atoms with E-state index in [1.165, 1.54) is 0 Å². The van der Waals surface area contributed by atoms with E-state index in [-0.39, 0.29) is 12.6 Å². The number of carbonyl (C=O) groups is 2. The second kappa shape index (κ2) is 13.4. The van der Waals surface area contributed by atoms with Crippen LogP contribution in [0.2, 0.25) is 0 Å². The highest BCUT2D eigenvalue weighted by Crippen LogP contribution is 2.31. The lowest BCUT2D eigenvalue weighted by atomic mass is 9.84. The molecule has 0 fully saturated rings. The van der Waals surface area contributed by atoms with Crippen molar-refractivity contribution in [3.63, 3.8) is 0 Å². The maximum absolute atomic E-state index is 12.7. The summed E-state index contributed by atoms with van der Waals surface area (Å²) in [5.74, 6) is 0.200. The average molecular weight is 519 g/mol. The molecule has 3 aromatic carbocycles. The Hall–Kier alpha value is -3.48. The molecule has 202 valence electrons. The van der Waals surface area contributed by atoms with Crippen LogP contribution in [0.3, 0.4) is 0 Å². The number of aryl methyl sites for hydroxylation is 1. The number of ether oxygens (including phenoxy) is 2. The Morgan fingerprint density at radius 3 is 1.82 bits per heavy atom. The molecule has 0 spiro atoms. The Kier molecular flexibility index (Phi) is 10.2. The minimum absolute atomic E-state index is 0.293. The Balaban J connectivity index is 1.47. The van der Waals surface area contributed by atoms with Gasteiger partial charge in [-0.25, -0.2) is 0 Å². The third kappa shape index (κ3) is 8.27. The number of benzene rings is 3. The average Bonchev–Trinajstić information content (AvgIpc) is 2.93. The highest BCUT2D eigenvalue weighted by Gasteiger charge is 2.34. The van der Waals surface area contributed by atoms with Crippen LogP contribution in [0.15, 0.2) is 84.9 Å². The second-order valence-corrected chi connectivity index (χ2v) is 10.7. The van der Waals surface area contributed by atoms with Gasteiger partial charge in [0.05, 0.1) is 23.5 Å². The van der Waals surface area contributed by atoms with Crippen molar-refractivity contribution in [2.45, 2.75) is 59.0 Å². The molecule has 6 nitrogen and oxygen atoms in total. The first kappa shape index (κ1) is 29.1. The van der Waals surface area contributed by atoms with E-state index in [0.29, 0.717) is 37.2 Å². The van der Waals surface area contributed by atoms with E-state index in [4.69, 9.17) is 9.47 Å². The first-order valence-corrected chi connectivity index (χ1v) is 13.1. The molecule has 2 N–H and O–H groups in total. The van der Waals surface area contributed by atoms with Gasteiger partial charge in [-0.05, 0) is 88.3 Å². The highest BCUT2D eigenvalue weighted by molar-refractivity contribution is 5.79. The number of hydrogen-bond acceptors (Lipinski definition) is 6. The molecule has 6 heteroatoms. The SMILES string of the molecule is CC(C)(CCC(O)c1ccc(CCCC(C)(CO)C(=O)Oc2ccccc2)cc1)C(=O)Oc1ccccc1. The second-order valence-electron chi connectivity index (χ2n) is 10.7. The minimum atomic E-state index is -0.986. The van der Waals surface area contributed by atoms with Gasteiger partial charge < -0.3 is 19.7 Å². The van der Waals surface area contributed by atoms with Crippen LogP contribution in [0.1, 0.15) is 63.7 Å². The fraction of sp³-hybridized carbons (Fsp3) is 0.375. The van der Waals surface area contributed by atoms with Gasteiger partial charge >= 0.3 is 11.9 Å². The van der Waals surface area contributed by atoms with E-state index < -0.39 is 22.9 Å². The lowest BCUT2D eigenvalue weighted by Crippen LogP contribution is -2.35. The first-order valence-electron chi connectivity index (χ1n) is 13.1. The number of aliphatic hydroxyl groups is 2. The van der Waals surface area contributed by atoms with Crippen LogP contribution in [0, 0.1) is 10.8 Å². The number of esters is 2. The minimum Gasteiger partial charge on any atom is -0.426 e. The number of hydrogen-bond donors (Lipinski definition) is 2. The normalized spacial score (nSPS) is 13.8. The lowest BCUT2D eigenvalue weighted by Gasteiger charge is -2.25. The third-order valence-electron chi connectivity index (χ3n) is 6.90. The third-order valence-corrected chi connectivity index (χ3v) is 6.90. The number of aliphatic hydroxyl groups excluding tert-OH is 2. The van der Waals surface area contributed by atoms with Gasteiger partial charge in [-0.1, -0.05) is 60.7 Å². The van der Waals surface area contributed by atoms with Crippen molar-refractivity contribution in [2.24, 2.45) is 10.8 Å². The summed E-state index contributed by atoms with van der Waals surface area (Å²) in [4.78, 5) is 25.3. The molecule has 0 amide bonds. The number of para-hydroxylation sites is 2. The van der Waals surface area contributed by atoms with Crippen molar-refractivity contribution >= 4 is 11.9 Å². The maximum atomic E-state index is 12.7. The summed E-state index contributed by atoms with van der Waals surface area (Å²) in [6.45, 7) is 5.07. The molecule has 0 heterocycles.